The van der Waals surface area contributed by atoms with E-state index in [-0.39, 0.29) is 11.8 Å². The van der Waals surface area contributed by atoms with E-state index in [1.54, 1.807) is 43.4 Å². The molecule has 1 aromatic rings. The number of benzene rings is 1. The van der Waals surface area contributed by atoms with Crippen molar-refractivity contribution in [2.75, 3.05) is 27.9 Å². The maximum atomic E-state index is 13.2. The van der Waals surface area contributed by atoms with Crippen molar-refractivity contribution in [3.63, 3.8) is 0 Å². The van der Waals surface area contributed by atoms with Crippen LogP contribution in [0.1, 0.15) is 73.6 Å². The molecule has 0 aromatic heterocycles. The number of hydrogen-bond donors (Lipinski definition) is 1. The summed E-state index contributed by atoms with van der Waals surface area (Å²) in [6.45, 7) is 0.503. The van der Waals surface area contributed by atoms with Crippen LogP contribution in [0, 0.1) is 5.92 Å². The van der Waals surface area contributed by atoms with Crippen molar-refractivity contribution in [1.29, 1.82) is 0 Å². The van der Waals surface area contributed by atoms with Gasteiger partial charge in [0.05, 0.1) is 7.11 Å². The van der Waals surface area contributed by atoms with Crippen LogP contribution in [0.3, 0.4) is 0 Å². The number of carbonyl (C=O) groups is 3. The number of ether oxygens (including phenoxy) is 3. The first-order valence-corrected chi connectivity index (χ1v) is 11.8. The van der Waals surface area contributed by atoms with E-state index in [2.05, 4.69) is 5.32 Å². The Morgan fingerprint density at radius 2 is 1.64 bits per heavy atom. The van der Waals surface area contributed by atoms with Crippen molar-refractivity contribution in [3.05, 3.63) is 35.4 Å². The summed E-state index contributed by atoms with van der Waals surface area (Å²) < 4.78 is 15.4. The molecular weight excluding hydrogens is 424 g/mol. The molecule has 3 rings (SSSR count). The number of nitrogens with zero attached hydrogens (tertiary/aromatic N) is 1. The topological polar surface area (TPSA) is 94.2 Å². The molecule has 2 aliphatic rings. The molecular formula is C25H36N2O6. The highest BCUT2D eigenvalue weighted by atomic mass is 16.7. The molecule has 1 saturated carbocycles. The van der Waals surface area contributed by atoms with Gasteiger partial charge in [-0.1, -0.05) is 44.2 Å². The van der Waals surface area contributed by atoms with Gasteiger partial charge >= 0.3 is 5.97 Å². The SMILES string of the molecule is COC(=O)[C@H](CC1CCCCC1)NC(=O)[C@@H]1CCCN1C(=O)c1ccc(C(OC)OC)cc1. The summed E-state index contributed by atoms with van der Waals surface area (Å²) >= 11 is 0. The number of nitrogens with one attached hydrogen (secondary N) is 1. The number of carbonyl (C=O) groups excluding carboxylic acids is 3. The van der Waals surface area contributed by atoms with Gasteiger partial charge in [0.15, 0.2) is 6.29 Å². The summed E-state index contributed by atoms with van der Waals surface area (Å²) in [6, 6.07) is 5.73. The van der Waals surface area contributed by atoms with Gasteiger partial charge < -0.3 is 24.4 Å². The third-order valence-electron chi connectivity index (χ3n) is 6.77. The zero-order valence-corrected chi connectivity index (χ0v) is 19.9. The lowest BCUT2D eigenvalue weighted by Gasteiger charge is -2.28. The van der Waals surface area contributed by atoms with E-state index in [0.717, 1.165) is 37.7 Å². The van der Waals surface area contributed by atoms with Crippen molar-refractivity contribution in [2.24, 2.45) is 5.92 Å². The minimum atomic E-state index is -0.678. The van der Waals surface area contributed by atoms with Crippen LogP contribution < -0.4 is 5.32 Å². The second kappa shape index (κ2) is 12.1. The molecule has 2 atom stereocenters. The van der Waals surface area contributed by atoms with Crippen LogP contribution in [0.5, 0.6) is 0 Å². The molecule has 33 heavy (non-hydrogen) atoms. The fraction of sp³-hybridized carbons (Fsp3) is 0.640. The molecule has 2 amide bonds. The minimum Gasteiger partial charge on any atom is -0.467 e. The third-order valence-corrected chi connectivity index (χ3v) is 6.77. The van der Waals surface area contributed by atoms with Crippen molar-refractivity contribution >= 4 is 17.8 Å². The lowest BCUT2D eigenvalue weighted by molar-refractivity contribution is -0.146. The lowest BCUT2D eigenvalue weighted by atomic mass is 9.84. The van der Waals surface area contributed by atoms with E-state index >= 15 is 0 Å². The Morgan fingerprint density at radius 1 is 0.970 bits per heavy atom. The first-order chi connectivity index (χ1) is 16.0. The standard InChI is InChI=1S/C25H36N2O6/c1-31-24(30)20(16-17-8-5-4-6-9-17)26-22(28)21-10-7-15-27(21)23(29)18-11-13-19(14-12-18)25(32-2)33-3/h11-14,17,20-21,25H,4-10,15-16H2,1-3H3,(H,26,28)/t20-,21-/m0/s1. The van der Waals surface area contributed by atoms with E-state index in [1.807, 2.05) is 0 Å². The highest BCUT2D eigenvalue weighted by Gasteiger charge is 2.37. The second-order valence-electron chi connectivity index (χ2n) is 8.91. The maximum Gasteiger partial charge on any atom is 0.328 e. The molecule has 1 N–H and O–H groups in total. The van der Waals surface area contributed by atoms with Crippen LogP contribution in [-0.4, -0.2) is 62.6 Å². The fourth-order valence-corrected chi connectivity index (χ4v) is 4.98. The van der Waals surface area contributed by atoms with Crippen molar-refractivity contribution in [3.8, 4) is 0 Å². The Labute approximate surface area is 195 Å². The van der Waals surface area contributed by atoms with Crippen LogP contribution in [-0.2, 0) is 23.8 Å². The van der Waals surface area contributed by atoms with Gasteiger partial charge in [-0.3, -0.25) is 9.59 Å². The largest absolute Gasteiger partial charge is 0.467 e. The van der Waals surface area contributed by atoms with Crippen LogP contribution in [0.25, 0.3) is 0 Å². The summed E-state index contributed by atoms with van der Waals surface area (Å²) in [5.41, 5.74) is 1.30. The Hall–Kier alpha value is -2.45. The Morgan fingerprint density at radius 3 is 2.24 bits per heavy atom. The highest BCUT2D eigenvalue weighted by Crippen LogP contribution is 2.28. The number of esters is 1. The van der Waals surface area contributed by atoms with Gasteiger partial charge in [-0.05, 0) is 37.3 Å². The zero-order valence-electron chi connectivity index (χ0n) is 19.9. The molecule has 0 spiro atoms. The normalized spacial score (nSPS) is 20.0. The molecule has 8 nitrogen and oxygen atoms in total. The predicted molar refractivity (Wildman–Crippen MR) is 122 cm³/mol. The molecule has 1 aliphatic heterocycles. The van der Waals surface area contributed by atoms with Gasteiger partial charge in [0, 0.05) is 31.9 Å². The average Bonchev–Trinajstić information content (AvgIpc) is 3.35. The van der Waals surface area contributed by atoms with Crippen molar-refractivity contribution < 1.29 is 28.6 Å². The Balaban J connectivity index is 1.66. The molecule has 1 saturated heterocycles. The highest BCUT2D eigenvalue weighted by molar-refractivity contribution is 5.98. The molecule has 1 heterocycles. The molecule has 1 aromatic carbocycles. The smallest absolute Gasteiger partial charge is 0.328 e. The quantitative estimate of drug-likeness (QED) is 0.449. The number of amides is 2. The number of hydrogen-bond acceptors (Lipinski definition) is 6. The average molecular weight is 461 g/mol. The molecule has 0 unspecified atom stereocenters. The van der Waals surface area contributed by atoms with E-state index in [4.69, 9.17) is 14.2 Å². The van der Waals surface area contributed by atoms with E-state index in [1.165, 1.54) is 13.5 Å². The summed E-state index contributed by atoms with van der Waals surface area (Å²) in [6.07, 6.45) is 7.08. The summed E-state index contributed by atoms with van der Waals surface area (Å²) in [5, 5.41) is 2.89. The van der Waals surface area contributed by atoms with Gasteiger partial charge in [-0.2, -0.15) is 0 Å². The predicted octanol–water partition coefficient (Wildman–Crippen LogP) is 3.21. The van der Waals surface area contributed by atoms with Gasteiger partial charge in [0.2, 0.25) is 5.91 Å². The molecule has 0 radical (unpaired) electrons. The molecule has 182 valence electrons. The summed E-state index contributed by atoms with van der Waals surface area (Å²) in [7, 11) is 4.45. The lowest BCUT2D eigenvalue weighted by Crippen LogP contribution is -2.51. The van der Waals surface area contributed by atoms with Crippen LogP contribution in [0.2, 0.25) is 0 Å². The monoisotopic (exact) mass is 460 g/mol. The first kappa shape index (κ1) is 25.2. The molecule has 1 aliphatic carbocycles. The fourth-order valence-electron chi connectivity index (χ4n) is 4.98. The number of likely N-dealkylation sites (tertiary alicyclic amines) is 1. The van der Waals surface area contributed by atoms with Crippen LogP contribution in [0.15, 0.2) is 24.3 Å². The maximum absolute atomic E-state index is 13.2. The molecule has 8 heteroatoms. The third kappa shape index (κ3) is 6.32. The van der Waals surface area contributed by atoms with Crippen molar-refractivity contribution in [1.82, 2.24) is 10.2 Å². The minimum absolute atomic E-state index is 0.201. The van der Waals surface area contributed by atoms with Gasteiger partial charge in [0.25, 0.3) is 5.91 Å². The van der Waals surface area contributed by atoms with E-state index in [9.17, 15) is 14.4 Å². The summed E-state index contributed by atoms with van der Waals surface area (Å²) in [5.74, 6) is -0.507. The molecule has 0 bridgehead atoms. The van der Waals surface area contributed by atoms with Gasteiger partial charge in [-0.15, -0.1) is 0 Å². The van der Waals surface area contributed by atoms with E-state index in [0.29, 0.717) is 30.9 Å². The summed E-state index contributed by atoms with van der Waals surface area (Å²) in [4.78, 5) is 40.3. The van der Waals surface area contributed by atoms with Gasteiger partial charge in [-0.25, -0.2) is 4.79 Å². The second-order valence-corrected chi connectivity index (χ2v) is 8.91. The van der Waals surface area contributed by atoms with Gasteiger partial charge in [0.1, 0.15) is 12.1 Å². The number of methoxy groups -OCH3 is 3. The first-order valence-electron chi connectivity index (χ1n) is 11.8. The van der Waals surface area contributed by atoms with Crippen molar-refractivity contribution in [2.45, 2.75) is 69.7 Å². The van der Waals surface area contributed by atoms with Crippen LogP contribution in [0.4, 0.5) is 0 Å². The van der Waals surface area contributed by atoms with E-state index < -0.39 is 24.3 Å². The van der Waals surface area contributed by atoms with Crippen LogP contribution >= 0.6 is 0 Å². The Kier molecular flexibility index (Phi) is 9.26. The molecule has 2 fully saturated rings. The zero-order chi connectivity index (χ0) is 23.8. The Bertz CT molecular complexity index is 802. The number of rotatable bonds is 9.